The summed E-state index contributed by atoms with van der Waals surface area (Å²) >= 11 is 6.74. The second-order valence-corrected chi connectivity index (χ2v) is 9.26. The van der Waals surface area contributed by atoms with Crippen molar-refractivity contribution in [2.75, 3.05) is 7.11 Å². The molecular weight excluding hydrogens is 457 g/mol. The van der Waals surface area contributed by atoms with E-state index in [1.807, 2.05) is 37.3 Å². The molecule has 0 spiro atoms. The summed E-state index contributed by atoms with van der Waals surface area (Å²) in [5.41, 5.74) is 3.71. The van der Waals surface area contributed by atoms with Crippen molar-refractivity contribution < 1.29 is 18.7 Å². The molecule has 0 unspecified atom stereocenters. The van der Waals surface area contributed by atoms with Gasteiger partial charge >= 0.3 is 0 Å². The number of hydrogen-bond donors (Lipinski definition) is 0. The van der Waals surface area contributed by atoms with Crippen molar-refractivity contribution in [3.8, 4) is 11.5 Å². The van der Waals surface area contributed by atoms with E-state index in [9.17, 15) is 9.18 Å². The van der Waals surface area contributed by atoms with Crippen molar-refractivity contribution in [1.82, 2.24) is 4.90 Å². The van der Waals surface area contributed by atoms with Crippen LogP contribution in [0.15, 0.2) is 71.6 Å². The zero-order valence-electron chi connectivity index (χ0n) is 18.2. The lowest BCUT2D eigenvalue weighted by molar-refractivity contribution is -0.122. The zero-order chi connectivity index (χ0) is 23.4. The van der Waals surface area contributed by atoms with E-state index in [0.717, 1.165) is 16.7 Å². The Kier molecular flexibility index (Phi) is 7.11. The molecule has 1 fully saturated rings. The smallest absolute Gasteiger partial charge is 0.266 e. The van der Waals surface area contributed by atoms with E-state index >= 15 is 0 Å². The average Bonchev–Trinajstić information content (AvgIpc) is 3.06. The number of benzene rings is 3. The molecule has 168 valence electrons. The van der Waals surface area contributed by atoms with Crippen molar-refractivity contribution in [3.05, 3.63) is 99.7 Å². The Morgan fingerprint density at radius 2 is 1.82 bits per heavy atom. The van der Waals surface area contributed by atoms with Gasteiger partial charge < -0.3 is 9.47 Å². The van der Waals surface area contributed by atoms with E-state index in [0.29, 0.717) is 27.3 Å². The number of methoxy groups -OCH3 is 1. The lowest BCUT2D eigenvalue weighted by atomic mass is 10.1. The fourth-order valence-corrected chi connectivity index (χ4v) is 4.60. The van der Waals surface area contributed by atoms with Crippen molar-refractivity contribution >= 4 is 40.3 Å². The second kappa shape index (κ2) is 10.2. The van der Waals surface area contributed by atoms with Crippen molar-refractivity contribution in [2.24, 2.45) is 0 Å². The molecule has 3 aromatic carbocycles. The minimum atomic E-state index is -0.307. The van der Waals surface area contributed by atoms with E-state index in [-0.39, 0.29) is 18.3 Å². The van der Waals surface area contributed by atoms with Crippen LogP contribution in [-0.2, 0) is 17.9 Å². The molecule has 4 nitrogen and oxygen atoms in total. The van der Waals surface area contributed by atoms with Crippen molar-refractivity contribution in [1.29, 1.82) is 0 Å². The molecule has 0 aliphatic carbocycles. The third kappa shape index (κ3) is 5.61. The average molecular weight is 480 g/mol. The van der Waals surface area contributed by atoms with E-state index in [2.05, 4.69) is 0 Å². The van der Waals surface area contributed by atoms with Crippen LogP contribution in [0.4, 0.5) is 4.39 Å². The molecule has 1 saturated heterocycles. The number of thioether (sulfide) groups is 1. The summed E-state index contributed by atoms with van der Waals surface area (Å²) in [5.74, 6) is 0.634. The Bertz CT molecular complexity index is 1220. The van der Waals surface area contributed by atoms with Gasteiger partial charge in [0, 0.05) is 0 Å². The summed E-state index contributed by atoms with van der Waals surface area (Å²) in [5, 5.41) is 0. The van der Waals surface area contributed by atoms with Gasteiger partial charge in [-0.3, -0.25) is 9.69 Å². The predicted octanol–water partition coefficient (Wildman–Crippen LogP) is 6.12. The lowest BCUT2D eigenvalue weighted by Gasteiger charge is -2.14. The molecule has 33 heavy (non-hydrogen) atoms. The molecule has 0 aromatic heterocycles. The first kappa shape index (κ1) is 23.0. The summed E-state index contributed by atoms with van der Waals surface area (Å²) in [4.78, 5) is 15.1. The van der Waals surface area contributed by atoms with Crippen LogP contribution in [0.1, 0.15) is 22.3 Å². The van der Waals surface area contributed by atoms with Crippen LogP contribution >= 0.6 is 24.0 Å². The third-order valence-corrected chi connectivity index (χ3v) is 6.48. The van der Waals surface area contributed by atoms with Crippen LogP contribution in [0.5, 0.6) is 11.5 Å². The van der Waals surface area contributed by atoms with Gasteiger partial charge in [-0.25, -0.2) is 4.39 Å². The van der Waals surface area contributed by atoms with Crippen LogP contribution in [-0.4, -0.2) is 22.2 Å². The molecule has 0 bridgehead atoms. The highest BCUT2D eigenvalue weighted by Gasteiger charge is 2.32. The first-order chi connectivity index (χ1) is 15.9. The van der Waals surface area contributed by atoms with Gasteiger partial charge in [0.25, 0.3) is 5.91 Å². The standard InChI is InChI=1S/C26H22FNO3S2/c1-17-6-8-18(9-7-17)15-28-25(29)24(33-26(28)32)14-19-10-11-22(23(13-19)30-2)31-16-20-4-3-5-21(27)12-20/h3-14H,15-16H2,1-2H3. The van der Waals surface area contributed by atoms with Crippen LogP contribution in [0.25, 0.3) is 6.08 Å². The van der Waals surface area contributed by atoms with E-state index < -0.39 is 0 Å². The molecule has 3 aromatic rings. The fourth-order valence-electron chi connectivity index (χ4n) is 3.34. The highest BCUT2D eigenvalue weighted by molar-refractivity contribution is 8.26. The summed E-state index contributed by atoms with van der Waals surface area (Å²) in [7, 11) is 1.55. The van der Waals surface area contributed by atoms with Crippen molar-refractivity contribution in [3.63, 3.8) is 0 Å². The molecule has 7 heteroatoms. The topological polar surface area (TPSA) is 38.8 Å². The number of rotatable bonds is 7. The maximum atomic E-state index is 13.4. The summed E-state index contributed by atoms with van der Waals surface area (Å²) in [6, 6.07) is 19.7. The van der Waals surface area contributed by atoms with Gasteiger partial charge in [-0.15, -0.1) is 0 Å². The highest BCUT2D eigenvalue weighted by Crippen LogP contribution is 2.35. The third-order valence-electron chi connectivity index (χ3n) is 5.10. The van der Waals surface area contributed by atoms with Gasteiger partial charge in [0.2, 0.25) is 0 Å². The number of nitrogens with zero attached hydrogens (tertiary/aromatic N) is 1. The number of carbonyl (C=O) groups is 1. The highest BCUT2D eigenvalue weighted by atomic mass is 32.2. The van der Waals surface area contributed by atoms with Crippen molar-refractivity contribution in [2.45, 2.75) is 20.1 Å². The number of amides is 1. The van der Waals surface area contributed by atoms with Crippen LogP contribution in [0.2, 0.25) is 0 Å². The quantitative estimate of drug-likeness (QED) is 0.301. The largest absolute Gasteiger partial charge is 0.493 e. The first-order valence-electron chi connectivity index (χ1n) is 10.3. The van der Waals surface area contributed by atoms with Gasteiger partial charge in [-0.2, -0.15) is 0 Å². The van der Waals surface area contributed by atoms with Crippen LogP contribution in [0, 0.1) is 12.7 Å². The van der Waals surface area contributed by atoms with Gasteiger partial charge in [0.1, 0.15) is 16.7 Å². The Morgan fingerprint density at radius 1 is 1.03 bits per heavy atom. The van der Waals surface area contributed by atoms with E-state index in [1.54, 1.807) is 42.4 Å². The minimum Gasteiger partial charge on any atom is -0.493 e. The molecule has 1 aliphatic heterocycles. The molecular formula is C26H22FNO3S2. The molecule has 4 rings (SSSR count). The number of thiocarbonyl (C=S) groups is 1. The van der Waals surface area contributed by atoms with E-state index in [4.69, 9.17) is 21.7 Å². The first-order valence-corrected chi connectivity index (χ1v) is 11.5. The Labute approximate surface area is 202 Å². The van der Waals surface area contributed by atoms with Gasteiger partial charge in [-0.05, 0) is 54.0 Å². The molecule has 0 N–H and O–H groups in total. The summed E-state index contributed by atoms with van der Waals surface area (Å²) < 4.78 is 25.2. The molecule has 1 amide bonds. The maximum Gasteiger partial charge on any atom is 0.266 e. The Balaban J connectivity index is 1.48. The molecule has 0 radical (unpaired) electrons. The SMILES string of the molecule is COc1cc(C=C2SC(=S)N(Cc3ccc(C)cc3)C2=O)ccc1OCc1cccc(F)c1. The maximum absolute atomic E-state index is 13.4. The predicted molar refractivity (Wildman–Crippen MR) is 134 cm³/mol. The molecule has 1 heterocycles. The molecule has 0 saturated carbocycles. The summed E-state index contributed by atoms with van der Waals surface area (Å²) in [6.07, 6.45) is 1.80. The number of hydrogen-bond acceptors (Lipinski definition) is 5. The zero-order valence-corrected chi connectivity index (χ0v) is 19.8. The minimum absolute atomic E-state index is 0.115. The van der Waals surface area contributed by atoms with Gasteiger partial charge in [-0.1, -0.05) is 72.0 Å². The molecule has 0 atom stereocenters. The number of ether oxygens (including phenoxy) is 2. The Hall–Kier alpha value is -3.16. The van der Waals surface area contributed by atoms with Gasteiger partial charge in [0.15, 0.2) is 11.5 Å². The normalized spacial score (nSPS) is 14.8. The van der Waals surface area contributed by atoms with Crippen LogP contribution < -0.4 is 9.47 Å². The number of aryl methyl sites for hydroxylation is 1. The number of carbonyl (C=O) groups excluding carboxylic acids is 1. The second-order valence-electron chi connectivity index (χ2n) is 7.58. The lowest BCUT2D eigenvalue weighted by Crippen LogP contribution is -2.27. The molecule has 1 aliphatic rings. The van der Waals surface area contributed by atoms with Gasteiger partial charge in [0.05, 0.1) is 18.6 Å². The summed E-state index contributed by atoms with van der Waals surface area (Å²) in [6.45, 7) is 2.68. The Morgan fingerprint density at radius 3 is 2.55 bits per heavy atom. The number of halogens is 1. The van der Waals surface area contributed by atoms with Crippen LogP contribution in [0.3, 0.4) is 0 Å². The monoisotopic (exact) mass is 479 g/mol. The van der Waals surface area contributed by atoms with E-state index in [1.165, 1.54) is 29.5 Å². The fraction of sp³-hybridized carbons (Fsp3) is 0.154.